The number of hydrogen-bond acceptors (Lipinski definition) is 8. The van der Waals surface area contributed by atoms with E-state index >= 15 is 0 Å². The van der Waals surface area contributed by atoms with Crippen molar-refractivity contribution in [2.24, 2.45) is 0 Å². The van der Waals surface area contributed by atoms with Crippen LogP contribution in [-0.4, -0.2) is 40.7 Å². The molecule has 0 fully saturated rings. The summed E-state index contributed by atoms with van der Waals surface area (Å²) in [6.07, 6.45) is 0. The molecule has 0 unspecified atom stereocenters. The molecule has 4 aromatic rings. The van der Waals surface area contributed by atoms with Gasteiger partial charge in [-0.3, -0.25) is 4.79 Å². The third-order valence-electron chi connectivity index (χ3n) is 4.89. The Balaban J connectivity index is 1.42. The molecule has 0 bridgehead atoms. The number of para-hydroxylation sites is 1. The number of anilines is 1. The number of fused-ring (bicyclic) bond motifs is 2. The highest BCUT2D eigenvalue weighted by Gasteiger charge is 2.20. The highest BCUT2D eigenvalue weighted by atomic mass is 32.2. The lowest BCUT2D eigenvalue weighted by molar-refractivity contribution is -0.115. The normalized spacial score (nSPS) is 12.3. The number of ether oxygens (including phenoxy) is 2. The molecule has 0 aliphatic carbocycles. The van der Waals surface area contributed by atoms with Gasteiger partial charge in [0, 0.05) is 18.3 Å². The highest BCUT2D eigenvalue weighted by Crippen LogP contribution is 2.39. The maximum atomic E-state index is 12.7. The summed E-state index contributed by atoms with van der Waals surface area (Å²) in [6, 6.07) is 15.3. The first-order chi connectivity index (χ1) is 15.1. The molecule has 9 heteroatoms. The number of rotatable bonds is 5. The predicted octanol–water partition coefficient (Wildman–Crippen LogP) is 4.55. The van der Waals surface area contributed by atoms with E-state index in [9.17, 15) is 4.79 Å². The number of thioether (sulfide) groups is 1. The lowest BCUT2D eigenvalue weighted by Crippen LogP contribution is -2.27. The Morgan fingerprint density at radius 3 is 2.77 bits per heavy atom. The molecule has 0 atom stereocenters. The molecule has 5 rings (SSSR count). The van der Waals surface area contributed by atoms with Crippen LogP contribution in [-0.2, 0) is 4.79 Å². The summed E-state index contributed by atoms with van der Waals surface area (Å²) in [5.41, 5.74) is 3.26. The molecule has 0 spiro atoms. The van der Waals surface area contributed by atoms with Crippen LogP contribution in [0.1, 0.15) is 5.01 Å². The van der Waals surface area contributed by atoms with E-state index in [1.165, 1.54) is 11.8 Å². The van der Waals surface area contributed by atoms with Gasteiger partial charge in [-0.2, -0.15) is 0 Å². The number of aromatic nitrogens is 3. The minimum atomic E-state index is -0.0158. The number of hydrogen-bond donors (Lipinski definition) is 0. The predicted molar refractivity (Wildman–Crippen MR) is 122 cm³/mol. The van der Waals surface area contributed by atoms with E-state index in [2.05, 4.69) is 15.2 Å². The Morgan fingerprint density at radius 1 is 1.13 bits per heavy atom. The summed E-state index contributed by atoms with van der Waals surface area (Å²) >= 11 is 2.92. The lowest BCUT2D eigenvalue weighted by atomic mass is 10.1. The third-order valence-corrected chi connectivity index (χ3v) is 6.81. The van der Waals surface area contributed by atoms with Crippen LogP contribution in [0.3, 0.4) is 0 Å². The van der Waals surface area contributed by atoms with Gasteiger partial charge in [-0.1, -0.05) is 30.0 Å². The van der Waals surface area contributed by atoms with Gasteiger partial charge >= 0.3 is 0 Å². The Morgan fingerprint density at radius 2 is 1.94 bits per heavy atom. The molecule has 0 saturated carbocycles. The van der Waals surface area contributed by atoms with Gasteiger partial charge in [0.1, 0.15) is 16.2 Å². The molecule has 2 aromatic heterocycles. The number of amides is 1. The SMILES string of the molecule is Cc1nc2c(SCC(=O)N(C)c3ccccc3)nnc(-c3ccc4c(c3)OCO4)c2s1. The largest absolute Gasteiger partial charge is 0.454 e. The van der Waals surface area contributed by atoms with Gasteiger partial charge in [-0.25, -0.2) is 4.98 Å². The molecule has 7 nitrogen and oxygen atoms in total. The van der Waals surface area contributed by atoms with Crippen LogP contribution in [0.15, 0.2) is 53.6 Å². The third kappa shape index (κ3) is 3.82. The van der Waals surface area contributed by atoms with E-state index in [1.807, 2.05) is 55.5 Å². The molecule has 3 heterocycles. The van der Waals surface area contributed by atoms with Crippen molar-refractivity contribution < 1.29 is 14.3 Å². The first-order valence-electron chi connectivity index (χ1n) is 9.58. The van der Waals surface area contributed by atoms with Gasteiger partial charge in [-0.05, 0) is 37.3 Å². The summed E-state index contributed by atoms with van der Waals surface area (Å²) in [5, 5.41) is 10.5. The molecule has 0 saturated heterocycles. The number of nitrogens with zero attached hydrogens (tertiary/aromatic N) is 4. The van der Waals surface area contributed by atoms with E-state index in [1.54, 1.807) is 23.3 Å². The summed E-state index contributed by atoms with van der Waals surface area (Å²) in [7, 11) is 1.77. The van der Waals surface area contributed by atoms with Crippen LogP contribution in [0, 0.1) is 6.92 Å². The van der Waals surface area contributed by atoms with Crippen LogP contribution in [0.4, 0.5) is 5.69 Å². The minimum absolute atomic E-state index is 0.0158. The fourth-order valence-corrected chi connectivity index (χ4v) is 5.10. The topological polar surface area (TPSA) is 77.4 Å². The molecule has 2 aromatic carbocycles. The maximum Gasteiger partial charge on any atom is 0.237 e. The van der Waals surface area contributed by atoms with E-state index < -0.39 is 0 Å². The fraction of sp³-hybridized carbons (Fsp3) is 0.182. The molecule has 0 N–H and O–H groups in total. The molecular formula is C22H18N4O3S2. The number of thiazole rings is 1. The van der Waals surface area contributed by atoms with E-state index in [-0.39, 0.29) is 18.5 Å². The standard InChI is InChI=1S/C22H18N4O3S2/c1-13-23-20-21(31-13)19(14-8-9-16-17(10-14)29-12-28-16)24-25-22(20)30-11-18(27)26(2)15-6-4-3-5-7-15/h3-10H,11-12H2,1-2H3. The van der Waals surface area contributed by atoms with Crippen molar-refractivity contribution >= 4 is 44.9 Å². The van der Waals surface area contributed by atoms with E-state index in [0.29, 0.717) is 10.8 Å². The smallest absolute Gasteiger partial charge is 0.237 e. The van der Waals surface area contributed by atoms with E-state index in [0.717, 1.165) is 37.9 Å². The van der Waals surface area contributed by atoms with Crippen molar-refractivity contribution in [3.05, 3.63) is 53.5 Å². The summed E-state index contributed by atoms with van der Waals surface area (Å²) < 4.78 is 11.8. The van der Waals surface area contributed by atoms with Crippen molar-refractivity contribution in [1.82, 2.24) is 15.2 Å². The highest BCUT2D eigenvalue weighted by molar-refractivity contribution is 8.00. The maximum absolute atomic E-state index is 12.7. The van der Waals surface area contributed by atoms with Crippen molar-refractivity contribution in [3.63, 3.8) is 0 Å². The van der Waals surface area contributed by atoms with Crippen LogP contribution < -0.4 is 14.4 Å². The number of aryl methyl sites for hydroxylation is 1. The van der Waals surface area contributed by atoms with Gasteiger partial charge in [0.2, 0.25) is 12.7 Å². The first kappa shape index (κ1) is 19.8. The number of carbonyl (C=O) groups excluding carboxylic acids is 1. The lowest BCUT2D eigenvalue weighted by Gasteiger charge is -2.16. The van der Waals surface area contributed by atoms with Crippen molar-refractivity contribution in [3.8, 4) is 22.8 Å². The van der Waals surface area contributed by atoms with Crippen molar-refractivity contribution in [1.29, 1.82) is 0 Å². The zero-order valence-electron chi connectivity index (χ0n) is 16.9. The second kappa shape index (κ2) is 8.16. The number of carbonyl (C=O) groups is 1. The van der Waals surface area contributed by atoms with Gasteiger partial charge < -0.3 is 14.4 Å². The van der Waals surface area contributed by atoms with Crippen LogP contribution >= 0.6 is 23.1 Å². The summed E-state index contributed by atoms with van der Waals surface area (Å²) in [5.74, 6) is 1.65. The monoisotopic (exact) mass is 450 g/mol. The molecule has 0 radical (unpaired) electrons. The molecule has 1 aliphatic rings. The Hall–Kier alpha value is -3.17. The van der Waals surface area contributed by atoms with Crippen molar-refractivity contribution in [2.75, 3.05) is 24.5 Å². The summed E-state index contributed by atoms with van der Waals surface area (Å²) in [4.78, 5) is 19.0. The van der Waals surface area contributed by atoms with E-state index in [4.69, 9.17) is 9.47 Å². The van der Waals surface area contributed by atoms with Gasteiger partial charge in [0.25, 0.3) is 0 Å². The zero-order valence-corrected chi connectivity index (χ0v) is 18.5. The fourth-order valence-electron chi connectivity index (χ4n) is 3.27. The van der Waals surface area contributed by atoms with Gasteiger partial charge in [-0.15, -0.1) is 21.5 Å². The van der Waals surface area contributed by atoms with Crippen LogP contribution in [0.5, 0.6) is 11.5 Å². The Bertz CT molecular complexity index is 1280. The molecular weight excluding hydrogens is 432 g/mol. The van der Waals surface area contributed by atoms with Gasteiger partial charge in [0.05, 0.1) is 15.5 Å². The molecule has 31 heavy (non-hydrogen) atoms. The minimum Gasteiger partial charge on any atom is -0.454 e. The molecule has 156 valence electrons. The quantitative estimate of drug-likeness (QED) is 0.413. The van der Waals surface area contributed by atoms with Crippen LogP contribution in [0.2, 0.25) is 0 Å². The average Bonchev–Trinajstić information content (AvgIpc) is 3.42. The second-order valence-electron chi connectivity index (χ2n) is 6.91. The molecule has 1 amide bonds. The zero-order chi connectivity index (χ0) is 21.4. The van der Waals surface area contributed by atoms with Crippen molar-refractivity contribution in [2.45, 2.75) is 11.9 Å². The average molecular weight is 451 g/mol. The summed E-state index contributed by atoms with van der Waals surface area (Å²) in [6.45, 7) is 2.18. The Labute approximate surface area is 187 Å². The first-order valence-corrected chi connectivity index (χ1v) is 11.4. The van der Waals surface area contributed by atoms with Crippen LogP contribution in [0.25, 0.3) is 21.5 Å². The molecule has 1 aliphatic heterocycles. The number of benzene rings is 2. The second-order valence-corrected chi connectivity index (χ2v) is 9.08. The Kier molecular flexibility index (Phi) is 5.21. The van der Waals surface area contributed by atoms with Gasteiger partial charge in [0.15, 0.2) is 11.5 Å².